The van der Waals surface area contributed by atoms with E-state index >= 15 is 0 Å². The average molecular weight is 365 g/mol. The summed E-state index contributed by atoms with van der Waals surface area (Å²) in [6.07, 6.45) is 3.78. The number of rotatable bonds is 7. The fourth-order valence-electron chi connectivity index (χ4n) is 2.33. The summed E-state index contributed by atoms with van der Waals surface area (Å²) in [7, 11) is 1.40. The van der Waals surface area contributed by atoms with Gasteiger partial charge in [0, 0.05) is 12.7 Å². The van der Waals surface area contributed by atoms with E-state index < -0.39 is 11.7 Å². The summed E-state index contributed by atoms with van der Waals surface area (Å²) in [5.74, 6) is 0.207. The summed E-state index contributed by atoms with van der Waals surface area (Å²) in [4.78, 5) is 16.4. The van der Waals surface area contributed by atoms with Crippen molar-refractivity contribution < 1.29 is 18.7 Å². The monoisotopic (exact) mass is 364 g/mol. The smallest absolute Gasteiger partial charge is 0.258 e. The van der Waals surface area contributed by atoms with Crippen molar-refractivity contribution in [2.24, 2.45) is 5.92 Å². The molecule has 5 nitrogen and oxygen atoms in total. The number of aromatic nitrogens is 1. The van der Waals surface area contributed by atoms with E-state index in [1.807, 2.05) is 0 Å². The lowest BCUT2D eigenvalue weighted by atomic mass is 10.2. The SMILES string of the molecule is COc1ccc(CNC(=O)c2c(OCC3CC3)ccnc2Cl)cc1F. The first-order chi connectivity index (χ1) is 12.1. The Morgan fingerprint density at radius 3 is 2.84 bits per heavy atom. The van der Waals surface area contributed by atoms with Crippen molar-refractivity contribution in [2.75, 3.05) is 13.7 Å². The number of methoxy groups -OCH3 is 1. The largest absolute Gasteiger partial charge is 0.494 e. The second-order valence-electron chi connectivity index (χ2n) is 5.88. The highest BCUT2D eigenvalue weighted by atomic mass is 35.5. The third-order valence-electron chi connectivity index (χ3n) is 3.93. The molecule has 1 saturated carbocycles. The number of amides is 1. The van der Waals surface area contributed by atoms with Crippen LogP contribution in [0.1, 0.15) is 28.8 Å². The zero-order chi connectivity index (χ0) is 17.8. The predicted molar refractivity (Wildman–Crippen MR) is 91.6 cm³/mol. The van der Waals surface area contributed by atoms with Crippen LogP contribution >= 0.6 is 11.6 Å². The Bertz CT molecular complexity index is 781. The molecule has 2 aromatic rings. The van der Waals surface area contributed by atoms with Crippen molar-refractivity contribution in [3.8, 4) is 11.5 Å². The molecule has 0 radical (unpaired) electrons. The van der Waals surface area contributed by atoms with Gasteiger partial charge in [0.2, 0.25) is 0 Å². The minimum absolute atomic E-state index is 0.0757. The van der Waals surface area contributed by atoms with Crippen molar-refractivity contribution in [3.63, 3.8) is 0 Å². The molecule has 0 spiro atoms. The molecule has 0 unspecified atom stereocenters. The van der Waals surface area contributed by atoms with Gasteiger partial charge in [-0.15, -0.1) is 0 Å². The first-order valence-corrected chi connectivity index (χ1v) is 8.34. The van der Waals surface area contributed by atoms with Gasteiger partial charge in [-0.2, -0.15) is 0 Å². The van der Waals surface area contributed by atoms with E-state index in [2.05, 4.69) is 10.3 Å². The molecule has 3 rings (SSSR count). The van der Waals surface area contributed by atoms with Gasteiger partial charge < -0.3 is 14.8 Å². The maximum Gasteiger partial charge on any atom is 0.258 e. The maximum atomic E-state index is 13.7. The van der Waals surface area contributed by atoms with Crippen LogP contribution in [0.25, 0.3) is 0 Å². The summed E-state index contributed by atoms with van der Waals surface area (Å²) in [6.45, 7) is 0.706. The van der Waals surface area contributed by atoms with E-state index in [-0.39, 0.29) is 23.0 Å². The van der Waals surface area contributed by atoms with Crippen molar-refractivity contribution in [2.45, 2.75) is 19.4 Å². The van der Waals surface area contributed by atoms with Gasteiger partial charge in [-0.1, -0.05) is 17.7 Å². The summed E-state index contributed by atoms with van der Waals surface area (Å²) < 4.78 is 24.3. The number of ether oxygens (including phenoxy) is 2. The Morgan fingerprint density at radius 2 is 2.16 bits per heavy atom. The molecule has 1 aliphatic carbocycles. The third kappa shape index (κ3) is 4.39. The molecule has 1 fully saturated rings. The quantitative estimate of drug-likeness (QED) is 0.762. The summed E-state index contributed by atoms with van der Waals surface area (Å²) in [6, 6.07) is 6.13. The van der Waals surface area contributed by atoms with E-state index in [0.29, 0.717) is 23.8 Å². The molecule has 1 heterocycles. The average Bonchev–Trinajstić information content (AvgIpc) is 3.42. The molecule has 132 valence electrons. The molecule has 0 atom stereocenters. The molecule has 0 bridgehead atoms. The number of hydrogen-bond acceptors (Lipinski definition) is 4. The molecular weight excluding hydrogens is 347 g/mol. The van der Waals surface area contributed by atoms with Crippen LogP contribution in [0.15, 0.2) is 30.5 Å². The lowest BCUT2D eigenvalue weighted by Crippen LogP contribution is -2.24. The molecule has 0 aliphatic heterocycles. The topological polar surface area (TPSA) is 60.5 Å². The van der Waals surface area contributed by atoms with Crippen LogP contribution in [0, 0.1) is 11.7 Å². The lowest BCUT2D eigenvalue weighted by Gasteiger charge is -2.12. The van der Waals surface area contributed by atoms with Crippen LogP contribution in [-0.4, -0.2) is 24.6 Å². The van der Waals surface area contributed by atoms with E-state index in [1.165, 1.54) is 25.4 Å². The van der Waals surface area contributed by atoms with Gasteiger partial charge in [-0.25, -0.2) is 9.37 Å². The number of hydrogen-bond donors (Lipinski definition) is 1. The van der Waals surface area contributed by atoms with E-state index in [1.54, 1.807) is 12.1 Å². The Labute approximate surface area is 150 Å². The second-order valence-corrected chi connectivity index (χ2v) is 6.24. The highest BCUT2D eigenvalue weighted by molar-refractivity contribution is 6.33. The first kappa shape index (κ1) is 17.5. The molecule has 1 aliphatic rings. The number of carbonyl (C=O) groups excluding carboxylic acids is 1. The second kappa shape index (κ2) is 7.70. The lowest BCUT2D eigenvalue weighted by molar-refractivity contribution is 0.0946. The zero-order valence-electron chi connectivity index (χ0n) is 13.7. The van der Waals surface area contributed by atoms with Gasteiger partial charge in [0.15, 0.2) is 11.6 Å². The van der Waals surface area contributed by atoms with Crippen LogP contribution in [0.2, 0.25) is 5.15 Å². The van der Waals surface area contributed by atoms with Crippen LogP contribution < -0.4 is 14.8 Å². The summed E-state index contributed by atoms with van der Waals surface area (Å²) in [5, 5.41) is 2.79. The zero-order valence-corrected chi connectivity index (χ0v) is 14.5. The van der Waals surface area contributed by atoms with Crippen molar-refractivity contribution in [1.82, 2.24) is 10.3 Å². The van der Waals surface area contributed by atoms with Gasteiger partial charge in [0.25, 0.3) is 5.91 Å². The number of nitrogens with zero attached hydrogens (tertiary/aromatic N) is 1. The van der Waals surface area contributed by atoms with Crippen molar-refractivity contribution in [1.29, 1.82) is 0 Å². The number of nitrogens with one attached hydrogen (secondary N) is 1. The molecule has 0 saturated heterocycles. The number of halogens is 2. The minimum Gasteiger partial charge on any atom is -0.494 e. The third-order valence-corrected chi connectivity index (χ3v) is 4.22. The highest BCUT2D eigenvalue weighted by Gasteiger charge is 2.24. The van der Waals surface area contributed by atoms with E-state index in [9.17, 15) is 9.18 Å². The normalized spacial score (nSPS) is 13.4. The van der Waals surface area contributed by atoms with Crippen LogP contribution in [0.5, 0.6) is 11.5 Å². The molecule has 7 heteroatoms. The number of pyridine rings is 1. The maximum absolute atomic E-state index is 13.7. The fraction of sp³-hybridized carbons (Fsp3) is 0.333. The Hall–Kier alpha value is -2.34. The standard InChI is InChI=1S/C18H18ClFN2O3/c1-24-14-5-4-12(8-13(14)20)9-22-18(23)16-15(6-7-21-17(16)19)25-10-11-2-3-11/h4-8,11H,2-3,9-10H2,1H3,(H,22,23). The molecule has 1 aromatic heterocycles. The van der Waals surface area contributed by atoms with Gasteiger partial charge in [0.05, 0.1) is 13.7 Å². The molecule has 25 heavy (non-hydrogen) atoms. The Kier molecular flexibility index (Phi) is 5.38. The number of carbonyl (C=O) groups is 1. The van der Waals surface area contributed by atoms with Crippen LogP contribution in [0.4, 0.5) is 4.39 Å². The molecular formula is C18H18ClFN2O3. The predicted octanol–water partition coefficient (Wildman–Crippen LogP) is 3.60. The summed E-state index contributed by atoms with van der Waals surface area (Å²) >= 11 is 6.07. The fourth-order valence-corrected chi connectivity index (χ4v) is 2.56. The molecule has 1 amide bonds. The van der Waals surface area contributed by atoms with E-state index in [4.69, 9.17) is 21.1 Å². The van der Waals surface area contributed by atoms with Crippen LogP contribution in [-0.2, 0) is 6.54 Å². The van der Waals surface area contributed by atoms with Gasteiger partial charge in [-0.05, 0) is 42.5 Å². The van der Waals surface area contributed by atoms with Gasteiger partial charge in [0.1, 0.15) is 16.5 Å². The Balaban J connectivity index is 1.69. The first-order valence-electron chi connectivity index (χ1n) is 7.96. The molecule has 1 aromatic carbocycles. The van der Waals surface area contributed by atoms with Crippen molar-refractivity contribution >= 4 is 17.5 Å². The van der Waals surface area contributed by atoms with Gasteiger partial charge >= 0.3 is 0 Å². The van der Waals surface area contributed by atoms with Crippen molar-refractivity contribution in [3.05, 3.63) is 52.6 Å². The van der Waals surface area contributed by atoms with Gasteiger partial charge in [-0.3, -0.25) is 4.79 Å². The minimum atomic E-state index is -0.484. The van der Waals surface area contributed by atoms with Crippen LogP contribution in [0.3, 0.4) is 0 Å². The summed E-state index contributed by atoms with van der Waals surface area (Å²) in [5.41, 5.74) is 0.797. The van der Waals surface area contributed by atoms with E-state index in [0.717, 1.165) is 12.8 Å². The molecule has 1 N–H and O–H groups in total. The Morgan fingerprint density at radius 1 is 1.36 bits per heavy atom. The highest BCUT2D eigenvalue weighted by Crippen LogP contribution is 2.31. The number of benzene rings is 1.